The molecule has 3 aromatic heterocycles. The normalized spacial score (nSPS) is 12.2. The van der Waals surface area contributed by atoms with Gasteiger partial charge in [-0.15, -0.1) is 22.7 Å². The van der Waals surface area contributed by atoms with Crippen LogP contribution in [0.1, 0.15) is 15.3 Å². The maximum atomic E-state index is 6.96. The van der Waals surface area contributed by atoms with E-state index in [1.807, 2.05) is 19.1 Å². The molecular formula is C17H17ClN4S2. The SMILES string of the molecule is [C-]#[N+]C[C@H](N)Cc1sc2c(NCc3cccs3)cc(Cl)nc2c1C. The van der Waals surface area contributed by atoms with Crippen molar-refractivity contribution < 1.29 is 0 Å². The number of pyridine rings is 1. The second-order valence-electron chi connectivity index (χ2n) is 5.56. The van der Waals surface area contributed by atoms with Crippen LogP contribution in [0.3, 0.4) is 0 Å². The van der Waals surface area contributed by atoms with Crippen LogP contribution in [0.5, 0.6) is 0 Å². The third kappa shape index (κ3) is 3.70. The van der Waals surface area contributed by atoms with Gasteiger partial charge in [-0.25, -0.2) is 11.6 Å². The molecule has 0 saturated heterocycles. The van der Waals surface area contributed by atoms with E-state index in [0.717, 1.165) is 28.0 Å². The summed E-state index contributed by atoms with van der Waals surface area (Å²) in [7, 11) is 0. The minimum atomic E-state index is -0.146. The molecule has 3 N–H and O–H groups in total. The van der Waals surface area contributed by atoms with Crippen LogP contribution in [0, 0.1) is 13.5 Å². The number of nitrogens with one attached hydrogen (secondary N) is 1. The van der Waals surface area contributed by atoms with Crippen molar-refractivity contribution in [3.05, 3.63) is 55.5 Å². The number of hydrogen-bond acceptors (Lipinski definition) is 5. The highest BCUT2D eigenvalue weighted by Gasteiger charge is 2.17. The van der Waals surface area contributed by atoms with Crippen LogP contribution in [0.25, 0.3) is 15.1 Å². The molecule has 1 atom stereocenters. The van der Waals surface area contributed by atoms with E-state index < -0.39 is 0 Å². The molecule has 0 unspecified atom stereocenters. The van der Waals surface area contributed by atoms with Crippen molar-refractivity contribution in [1.82, 2.24) is 4.98 Å². The van der Waals surface area contributed by atoms with Crippen molar-refractivity contribution in [1.29, 1.82) is 0 Å². The first-order valence-corrected chi connectivity index (χ1v) is 9.59. The van der Waals surface area contributed by atoms with Crippen molar-refractivity contribution >= 4 is 50.2 Å². The van der Waals surface area contributed by atoms with Crippen molar-refractivity contribution in [2.24, 2.45) is 5.73 Å². The molecule has 0 aliphatic carbocycles. The third-order valence-electron chi connectivity index (χ3n) is 3.75. The maximum absolute atomic E-state index is 6.96. The van der Waals surface area contributed by atoms with Gasteiger partial charge < -0.3 is 15.9 Å². The van der Waals surface area contributed by atoms with E-state index in [1.165, 1.54) is 9.75 Å². The molecule has 0 radical (unpaired) electrons. The van der Waals surface area contributed by atoms with Crippen molar-refractivity contribution in [2.45, 2.75) is 25.9 Å². The van der Waals surface area contributed by atoms with Crippen molar-refractivity contribution in [3.8, 4) is 0 Å². The number of rotatable bonds is 6. The Morgan fingerprint density at radius 1 is 1.50 bits per heavy atom. The molecule has 3 aromatic rings. The molecule has 0 amide bonds. The summed E-state index contributed by atoms with van der Waals surface area (Å²) in [6.07, 6.45) is 0.692. The fraction of sp³-hybridized carbons (Fsp3) is 0.294. The van der Waals surface area contributed by atoms with E-state index in [4.69, 9.17) is 23.9 Å². The summed E-state index contributed by atoms with van der Waals surface area (Å²) >= 11 is 9.62. The van der Waals surface area contributed by atoms with Crippen LogP contribution in [-0.2, 0) is 13.0 Å². The van der Waals surface area contributed by atoms with Gasteiger partial charge in [-0.05, 0) is 23.9 Å². The molecule has 124 valence electrons. The quantitative estimate of drug-likeness (QED) is 0.483. The molecule has 0 aliphatic heterocycles. The summed E-state index contributed by atoms with van der Waals surface area (Å²) in [4.78, 5) is 10.3. The Kier molecular flexibility index (Phi) is 5.36. The highest BCUT2D eigenvalue weighted by atomic mass is 35.5. The predicted octanol–water partition coefficient (Wildman–Crippen LogP) is 4.72. The monoisotopic (exact) mass is 376 g/mol. The first-order chi connectivity index (χ1) is 11.6. The van der Waals surface area contributed by atoms with Gasteiger partial charge in [0.25, 0.3) is 0 Å². The molecular weight excluding hydrogens is 360 g/mol. The van der Waals surface area contributed by atoms with E-state index in [1.54, 1.807) is 22.7 Å². The molecule has 0 spiro atoms. The molecule has 4 nitrogen and oxygen atoms in total. The summed E-state index contributed by atoms with van der Waals surface area (Å²) < 4.78 is 1.10. The molecule has 24 heavy (non-hydrogen) atoms. The van der Waals surface area contributed by atoms with Gasteiger partial charge >= 0.3 is 0 Å². The molecule has 0 aliphatic rings. The first-order valence-electron chi connectivity index (χ1n) is 7.52. The number of aromatic nitrogens is 1. The van der Waals surface area contributed by atoms with Gasteiger partial charge in [0.05, 0.1) is 21.9 Å². The van der Waals surface area contributed by atoms with Gasteiger partial charge in [0.15, 0.2) is 0 Å². The van der Waals surface area contributed by atoms with Crippen LogP contribution >= 0.6 is 34.3 Å². The smallest absolute Gasteiger partial charge is 0.229 e. The fourth-order valence-corrected chi connectivity index (χ4v) is 4.70. The second-order valence-corrected chi connectivity index (χ2v) is 8.08. The Hall–Kier alpha value is -1.65. The average molecular weight is 377 g/mol. The van der Waals surface area contributed by atoms with E-state index in [2.05, 4.69) is 26.6 Å². The maximum Gasteiger partial charge on any atom is 0.229 e. The number of halogens is 1. The summed E-state index contributed by atoms with van der Waals surface area (Å²) in [5.41, 5.74) is 9.06. The average Bonchev–Trinajstić information content (AvgIpc) is 3.15. The van der Waals surface area contributed by atoms with E-state index in [0.29, 0.717) is 18.1 Å². The van der Waals surface area contributed by atoms with Crippen LogP contribution in [0.4, 0.5) is 5.69 Å². The van der Waals surface area contributed by atoms with Gasteiger partial charge in [0, 0.05) is 28.8 Å². The highest BCUT2D eigenvalue weighted by Crippen LogP contribution is 2.37. The van der Waals surface area contributed by atoms with E-state index in [-0.39, 0.29) is 6.04 Å². The Morgan fingerprint density at radius 2 is 2.33 bits per heavy atom. The lowest BCUT2D eigenvalue weighted by atomic mass is 10.1. The van der Waals surface area contributed by atoms with Crippen LogP contribution in [0.15, 0.2) is 23.6 Å². The predicted molar refractivity (Wildman–Crippen MR) is 104 cm³/mol. The lowest BCUT2D eigenvalue weighted by Crippen LogP contribution is -2.25. The third-order valence-corrected chi connectivity index (χ3v) is 6.15. The molecule has 0 bridgehead atoms. The number of hydrogen-bond donors (Lipinski definition) is 2. The zero-order chi connectivity index (χ0) is 17.1. The van der Waals surface area contributed by atoms with Crippen LogP contribution in [0.2, 0.25) is 5.15 Å². The molecule has 7 heteroatoms. The number of fused-ring (bicyclic) bond motifs is 1. The Labute approximate surface area is 154 Å². The van der Waals surface area contributed by atoms with Gasteiger partial charge in [0.1, 0.15) is 5.15 Å². The zero-order valence-electron chi connectivity index (χ0n) is 13.2. The van der Waals surface area contributed by atoms with Crippen molar-refractivity contribution in [3.63, 3.8) is 0 Å². The van der Waals surface area contributed by atoms with Gasteiger partial charge in [-0.1, -0.05) is 17.7 Å². The van der Waals surface area contributed by atoms with E-state index >= 15 is 0 Å². The summed E-state index contributed by atoms with van der Waals surface area (Å²) in [5.74, 6) is 0. The minimum Gasteiger partial charge on any atom is -0.379 e. The minimum absolute atomic E-state index is 0.146. The van der Waals surface area contributed by atoms with Crippen LogP contribution < -0.4 is 11.1 Å². The van der Waals surface area contributed by atoms with Crippen LogP contribution in [-0.4, -0.2) is 17.6 Å². The second kappa shape index (κ2) is 7.49. The Balaban J connectivity index is 1.92. The number of thiophene rings is 2. The first kappa shape index (κ1) is 17.2. The van der Waals surface area contributed by atoms with Gasteiger partial charge in [0.2, 0.25) is 6.54 Å². The summed E-state index contributed by atoms with van der Waals surface area (Å²) in [6.45, 7) is 10.1. The number of nitrogens with two attached hydrogens (primary N) is 1. The standard InChI is InChI=1S/C17H17ClN4S2/c1-10-14(6-11(19)8-20-2)24-17-13(7-15(18)22-16(10)17)21-9-12-4-3-5-23-12/h3-5,7,11H,6,8-9,19H2,1H3,(H,21,22)/t11-/m1/s1. The Bertz CT molecular complexity index is 880. The van der Waals surface area contributed by atoms with Crippen molar-refractivity contribution in [2.75, 3.05) is 11.9 Å². The number of nitrogens with zero attached hydrogens (tertiary/aromatic N) is 2. The molecule has 0 saturated carbocycles. The topological polar surface area (TPSA) is 55.3 Å². The lowest BCUT2D eigenvalue weighted by molar-refractivity contribution is 0.723. The number of anilines is 1. The molecule has 0 fully saturated rings. The lowest BCUT2D eigenvalue weighted by Gasteiger charge is -2.06. The zero-order valence-corrected chi connectivity index (χ0v) is 15.6. The number of aryl methyl sites for hydroxylation is 1. The molecule has 3 rings (SSSR count). The Morgan fingerprint density at radius 3 is 3.04 bits per heavy atom. The summed E-state index contributed by atoms with van der Waals surface area (Å²) in [6, 6.07) is 5.87. The van der Waals surface area contributed by atoms with Gasteiger partial charge in [-0.2, -0.15) is 0 Å². The summed E-state index contributed by atoms with van der Waals surface area (Å²) in [5, 5.41) is 6.01. The molecule has 0 aromatic carbocycles. The van der Waals surface area contributed by atoms with E-state index in [9.17, 15) is 0 Å². The largest absolute Gasteiger partial charge is 0.379 e. The van der Waals surface area contributed by atoms with Gasteiger partial charge in [-0.3, -0.25) is 0 Å². The highest BCUT2D eigenvalue weighted by molar-refractivity contribution is 7.19. The molecule has 3 heterocycles. The fourth-order valence-electron chi connectivity index (χ4n) is 2.53.